The fraction of sp³-hybridized carbons (Fsp3) is 0. The number of allylic oxidation sites excluding steroid dienone is 1. The van der Waals surface area contributed by atoms with Crippen LogP contribution in [0.25, 0.3) is 26.5 Å². The summed E-state index contributed by atoms with van der Waals surface area (Å²) in [6.07, 6.45) is 3.30. The van der Waals surface area contributed by atoms with E-state index in [1.165, 1.54) is 11.3 Å². The quantitative estimate of drug-likeness (QED) is 0.546. The van der Waals surface area contributed by atoms with Gasteiger partial charge in [0.25, 0.3) is 0 Å². The van der Waals surface area contributed by atoms with Gasteiger partial charge in [0.05, 0.1) is 0 Å². The molecule has 0 aliphatic heterocycles. The molecule has 3 aromatic heterocycles. The van der Waals surface area contributed by atoms with Crippen LogP contribution in [0.3, 0.4) is 0 Å². The zero-order chi connectivity index (χ0) is 17.1. The number of aromatic amines is 1. The highest BCUT2D eigenvalue weighted by Crippen LogP contribution is 2.30. The molecule has 120 valence electrons. The lowest BCUT2D eigenvalue weighted by molar-refractivity contribution is 0.881. The first kappa shape index (κ1) is 14.9. The van der Waals surface area contributed by atoms with Gasteiger partial charge in [-0.05, 0) is 29.5 Å². The summed E-state index contributed by atoms with van der Waals surface area (Å²) in [7, 11) is 0. The van der Waals surface area contributed by atoms with E-state index < -0.39 is 0 Å². The maximum Gasteiger partial charge on any atom is 0.216 e. The van der Waals surface area contributed by atoms with Crippen molar-refractivity contribution < 1.29 is 0 Å². The summed E-state index contributed by atoms with van der Waals surface area (Å²) < 4.78 is 0. The number of tetrazole rings is 1. The zero-order valence-corrected chi connectivity index (χ0v) is 13.5. The highest BCUT2D eigenvalue weighted by Gasteiger charge is 2.08. The zero-order valence-electron chi connectivity index (χ0n) is 12.7. The molecule has 0 bridgehead atoms. The van der Waals surface area contributed by atoms with E-state index in [0.29, 0.717) is 0 Å². The van der Waals surface area contributed by atoms with Crippen molar-refractivity contribution in [1.82, 2.24) is 30.6 Å². The number of nitriles is 1. The van der Waals surface area contributed by atoms with Crippen LogP contribution < -0.4 is 5.32 Å². The molecule has 1 aromatic carbocycles. The van der Waals surface area contributed by atoms with E-state index in [1.807, 2.05) is 42.5 Å². The Morgan fingerprint density at radius 2 is 2.24 bits per heavy atom. The molecule has 0 atom stereocenters. The molecular weight excluding hydrogens is 336 g/mol. The largest absolute Gasteiger partial charge is 0.360 e. The van der Waals surface area contributed by atoms with Crippen LogP contribution in [-0.4, -0.2) is 30.6 Å². The highest BCUT2D eigenvalue weighted by molar-refractivity contribution is 7.21. The predicted octanol–water partition coefficient (Wildman–Crippen LogP) is 2.85. The number of hydrogen-bond acceptors (Lipinski definition) is 8. The lowest BCUT2D eigenvalue weighted by Gasteiger charge is -2.03. The first-order valence-corrected chi connectivity index (χ1v) is 8.08. The van der Waals surface area contributed by atoms with Crippen LogP contribution in [0.1, 0.15) is 5.82 Å². The summed E-state index contributed by atoms with van der Waals surface area (Å²) >= 11 is 1.54. The molecule has 4 aromatic rings. The van der Waals surface area contributed by atoms with Crippen LogP contribution in [0.2, 0.25) is 0 Å². The third-order valence-corrected chi connectivity index (χ3v) is 4.39. The second-order valence-corrected chi connectivity index (χ2v) is 5.95. The van der Waals surface area contributed by atoms with Crippen molar-refractivity contribution in [3.05, 3.63) is 54.6 Å². The van der Waals surface area contributed by atoms with Crippen LogP contribution in [-0.2, 0) is 0 Å². The third-order valence-electron chi connectivity index (χ3n) is 3.37. The molecular formula is C16H10N8S. The average Bonchev–Trinajstić information content (AvgIpc) is 3.32. The lowest BCUT2D eigenvalue weighted by Crippen LogP contribution is -1.93. The lowest BCUT2D eigenvalue weighted by atomic mass is 10.2. The number of rotatable bonds is 4. The minimum absolute atomic E-state index is 0.239. The van der Waals surface area contributed by atoms with Gasteiger partial charge in [0.1, 0.15) is 27.0 Å². The number of benzene rings is 1. The van der Waals surface area contributed by atoms with Crippen molar-refractivity contribution in [3.8, 4) is 16.6 Å². The fourth-order valence-corrected chi connectivity index (χ4v) is 3.12. The molecule has 9 heteroatoms. The van der Waals surface area contributed by atoms with E-state index in [1.54, 1.807) is 12.4 Å². The van der Waals surface area contributed by atoms with Crippen molar-refractivity contribution in [1.29, 1.82) is 5.26 Å². The summed E-state index contributed by atoms with van der Waals surface area (Å²) in [5.74, 6) is 0.239. The number of thiazole rings is 1. The average molecular weight is 346 g/mol. The Bertz CT molecular complexity index is 1060. The van der Waals surface area contributed by atoms with Crippen LogP contribution in [0.15, 0.2) is 48.8 Å². The number of nitrogens with zero attached hydrogens (tertiary/aromatic N) is 6. The van der Waals surface area contributed by atoms with Crippen LogP contribution in [0.5, 0.6) is 0 Å². The summed E-state index contributed by atoms with van der Waals surface area (Å²) in [6.45, 7) is 0. The maximum atomic E-state index is 9.19. The monoisotopic (exact) mass is 346 g/mol. The van der Waals surface area contributed by atoms with Crippen molar-refractivity contribution in [2.45, 2.75) is 0 Å². The highest BCUT2D eigenvalue weighted by atomic mass is 32.1. The van der Waals surface area contributed by atoms with Crippen LogP contribution in [0.4, 0.5) is 5.69 Å². The van der Waals surface area contributed by atoms with Gasteiger partial charge < -0.3 is 5.32 Å². The number of anilines is 1. The molecule has 0 saturated heterocycles. The second kappa shape index (κ2) is 6.46. The molecule has 0 aliphatic rings. The number of fused-ring (bicyclic) bond motifs is 1. The maximum absolute atomic E-state index is 9.19. The number of pyridine rings is 1. The molecule has 0 unspecified atom stereocenters. The Labute approximate surface area is 145 Å². The number of hydrogen-bond donors (Lipinski definition) is 2. The number of aromatic nitrogens is 6. The first-order valence-electron chi connectivity index (χ1n) is 7.26. The van der Waals surface area contributed by atoms with Crippen molar-refractivity contribution in [2.75, 3.05) is 5.32 Å². The van der Waals surface area contributed by atoms with Gasteiger partial charge in [-0.1, -0.05) is 23.5 Å². The topological polar surface area (TPSA) is 116 Å². The Morgan fingerprint density at radius 3 is 3.04 bits per heavy atom. The summed E-state index contributed by atoms with van der Waals surface area (Å²) in [6, 6.07) is 13.6. The Kier molecular flexibility index (Phi) is 3.86. The summed E-state index contributed by atoms with van der Waals surface area (Å²) in [5.41, 5.74) is 2.95. The molecule has 0 fully saturated rings. The van der Waals surface area contributed by atoms with Gasteiger partial charge in [0.15, 0.2) is 0 Å². The Balaban J connectivity index is 1.62. The molecule has 4 rings (SSSR count). The van der Waals surface area contributed by atoms with Gasteiger partial charge in [0, 0.05) is 23.6 Å². The van der Waals surface area contributed by atoms with E-state index in [4.69, 9.17) is 0 Å². The van der Waals surface area contributed by atoms with Crippen LogP contribution >= 0.6 is 11.3 Å². The molecule has 0 amide bonds. The van der Waals surface area contributed by atoms with Gasteiger partial charge >= 0.3 is 0 Å². The Morgan fingerprint density at radius 1 is 1.28 bits per heavy atom. The molecule has 8 nitrogen and oxygen atoms in total. The molecule has 3 heterocycles. The molecule has 0 aliphatic carbocycles. The number of nitrogens with one attached hydrogen (secondary N) is 2. The van der Waals surface area contributed by atoms with Crippen molar-refractivity contribution in [3.63, 3.8) is 0 Å². The van der Waals surface area contributed by atoms with E-state index in [9.17, 15) is 5.26 Å². The SMILES string of the molecule is N#CC(=CNc1cccc(-c2nc3cccnc3s2)c1)c1nn[nH]n1. The van der Waals surface area contributed by atoms with Gasteiger partial charge in [-0.3, -0.25) is 0 Å². The smallest absolute Gasteiger partial charge is 0.216 e. The van der Waals surface area contributed by atoms with E-state index in [-0.39, 0.29) is 11.4 Å². The molecule has 25 heavy (non-hydrogen) atoms. The second-order valence-electron chi connectivity index (χ2n) is 4.98. The van der Waals surface area contributed by atoms with Gasteiger partial charge in [0.2, 0.25) is 5.82 Å². The molecule has 2 N–H and O–H groups in total. The van der Waals surface area contributed by atoms with Gasteiger partial charge in [-0.25, -0.2) is 9.97 Å². The van der Waals surface area contributed by atoms with Crippen molar-refractivity contribution >= 4 is 32.9 Å². The summed E-state index contributed by atoms with van der Waals surface area (Å²) in [4.78, 5) is 9.83. The predicted molar refractivity (Wildman–Crippen MR) is 94.2 cm³/mol. The molecule has 0 saturated carbocycles. The van der Waals surface area contributed by atoms with Gasteiger partial charge in [-0.15, -0.1) is 10.2 Å². The first-order chi connectivity index (χ1) is 12.3. The standard InChI is InChI=1S/C16H10N8S/c17-8-11(14-21-23-24-22-14)9-19-12-4-1-3-10(7-12)15-20-13-5-2-6-18-16(13)25-15/h1-7,9,19H,(H,21,22,23,24). The minimum atomic E-state index is 0.239. The fourth-order valence-electron chi connectivity index (χ4n) is 2.21. The molecule has 0 radical (unpaired) electrons. The Hall–Kier alpha value is -3.64. The number of H-pyrrole nitrogens is 1. The normalized spacial score (nSPS) is 11.4. The van der Waals surface area contributed by atoms with E-state index in [0.717, 1.165) is 26.6 Å². The van der Waals surface area contributed by atoms with E-state index >= 15 is 0 Å². The minimum Gasteiger partial charge on any atom is -0.360 e. The molecule has 0 spiro atoms. The van der Waals surface area contributed by atoms with Crippen LogP contribution in [0, 0.1) is 11.3 Å². The van der Waals surface area contributed by atoms with Crippen molar-refractivity contribution in [2.24, 2.45) is 0 Å². The third kappa shape index (κ3) is 3.06. The summed E-state index contributed by atoms with van der Waals surface area (Å²) in [5, 5.41) is 26.5. The van der Waals surface area contributed by atoms with E-state index in [2.05, 4.69) is 35.9 Å². The van der Waals surface area contributed by atoms with Gasteiger partial charge in [-0.2, -0.15) is 10.5 Å².